The molecule has 2 heterocycles. The summed E-state index contributed by atoms with van der Waals surface area (Å²) in [7, 11) is 0. The number of aryl methyl sites for hydroxylation is 1. The number of carbonyl (C=O) groups is 2. The number of amides is 2. The van der Waals surface area contributed by atoms with Crippen molar-refractivity contribution in [2.24, 2.45) is 5.92 Å². The number of aromatic nitrogens is 1. The van der Waals surface area contributed by atoms with Crippen molar-refractivity contribution in [1.29, 1.82) is 0 Å². The number of hydrogen-bond acceptors (Lipinski definition) is 4. The van der Waals surface area contributed by atoms with Gasteiger partial charge >= 0.3 is 0 Å². The third-order valence-electron chi connectivity index (χ3n) is 7.13. The van der Waals surface area contributed by atoms with Crippen LogP contribution in [0, 0.1) is 12.8 Å². The zero-order valence-corrected chi connectivity index (χ0v) is 21.3. The minimum absolute atomic E-state index is 0.0653. The lowest BCUT2D eigenvalue weighted by Crippen LogP contribution is -2.28. The molecule has 0 spiro atoms. The first-order valence-electron chi connectivity index (χ1n) is 12.8. The van der Waals surface area contributed by atoms with Crippen molar-refractivity contribution < 1.29 is 9.59 Å². The molecule has 0 aliphatic carbocycles. The van der Waals surface area contributed by atoms with Crippen LogP contribution >= 0.6 is 0 Å². The van der Waals surface area contributed by atoms with E-state index in [1.165, 1.54) is 0 Å². The summed E-state index contributed by atoms with van der Waals surface area (Å²) in [6.07, 6.45) is 2.59. The summed E-state index contributed by atoms with van der Waals surface area (Å²) >= 11 is 0. The molecule has 2 amide bonds. The molecule has 0 saturated carbocycles. The smallest absolute Gasteiger partial charge is 0.254 e. The van der Waals surface area contributed by atoms with E-state index in [0.717, 1.165) is 70.3 Å². The van der Waals surface area contributed by atoms with E-state index in [2.05, 4.69) is 16.4 Å². The molecular formula is C31H32N4O2. The Morgan fingerprint density at radius 2 is 1.76 bits per heavy atom. The van der Waals surface area contributed by atoms with Gasteiger partial charge in [-0.1, -0.05) is 43.3 Å². The maximum absolute atomic E-state index is 13.3. The number of carbonyl (C=O) groups excluding carboxylic acids is 2. The summed E-state index contributed by atoms with van der Waals surface area (Å²) in [5.41, 5.74) is 12.4. The second-order valence-electron chi connectivity index (χ2n) is 9.90. The highest BCUT2D eigenvalue weighted by Gasteiger charge is 2.23. The number of likely N-dealkylation sites (tertiary alicyclic amines) is 1. The molecule has 1 saturated heterocycles. The van der Waals surface area contributed by atoms with Crippen LogP contribution in [0.5, 0.6) is 0 Å². The standard InChI is InChI=1S/C31H32N4O2/c1-20-9-8-12-26(31(37)35-15-6-7-16-35)28(20)22-13-14-27-23(18-22)19-24(29(32)34-27)17-21(2)30(36)33-25-10-4-3-5-11-25/h3-5,8-14,18-19,21H,6-7,15-17H2,1-2H3,(H2,32,34)(H,33,36). The van der Waals surface area contributed by atoms with E-state index in [-0.39, 0.29) is 17.7 Å². The number of nitrogens with zero attached hydrogens (tertiary/aromatic N) is 2. The van der Waals surface area contributed by atoms with Gasteiger partial charge < -0.3 is 16.0 Å². The quantitative estimate of drug-likeness (QED) is 0.354. The van der Waals surface area contributed by atoms with E-state index in [1.807, 2.05) is 85.5 Å². The zero-order valence-electron chi connectivity index (χ0n) is 21.3. The van der Waals surface area contributed by atoms with Crippen LogP contribution in [0.3, 0.4) is 0 Å². The molecule has 188 valence electrons. The number of pyridine rings is 1. The van der Waals surface area contributed by atoms with Gasteiger partial charge in [0.2, 0.25) is 5.91 Å². The Hall–Kier alpha value is -4.19. The molecular weight excluding hydrogens is 460 g/mol. The number of fused-ring (bicyclic) bond motifs is 1. The Morgan fingerprint density at radius 3 is 2.51 bits per heavy atom. The predicted octanol–water partition coefficient (Wildman–Crippen LogP) is 5.85. The lowest BCUT2D eigenvalue weighted by Gasteiger charge is -2.19. The van der Waals surface area contributed by atoms with Gasteiger partial charge in [0.25, 0.3) is 5.91 Å². The average molecular weight is 493 g/mol. The van der Waals surface area contributed by atoms with E-state index in [9.17, 15) is 9.59 Å². The van der Waals surface area contributed by atoms with Gasteiger partial charge in [-0.3, -0.25) is 9.59 Å². The molecule has 0 radical (unpaired) electrons. The number of rotatable bonds is 6. The van der Waals surface area contributed by atoms with Crippen molar-refractivity contribution in [1.82, 2.24) is 9.88 Å². The van der Waals surface area contributed by atoms with Crippen LogP contribution in [-0.2, 0) is 11.2 Å². The van der Waals surface area contributed by atoms with E-state index >= 15 is 0 Å². The highest BCUT2D eigenvalue weighted by molar-refractivity contribution is 6.02. The van der Waals surface area contributed by atoms with Gasteiger partial charge in [-0.25, -0.2) is 4.98 Å². The van der Waals surface area contributed by atoms with Crippen LogP contribution in [0.4, 0.5) is 11.5 Å². The Morgan fingerprint density at radius 1 is 1.00 bits per heavy atom. The normalized spacial score (nSPS) is 14.1. The van der Waals surface area contributed by atoms with Crippen LogP contribution in [0.15, 0.2) is 72.8 Å². The number of nitrogens with two attached hydrogens (primary N) is 1. The molecule has 37 heavy (non-hydrogen) atoms. The Kier molecular flexibility index (Phi) is 6.91. The Balaban J connectivity index is 1.45. The molecule has 6 heteroatoms. The van der Waals surface area contributed by atoms with Crippen molar-refractivity contribution in [2.75, 3.05) is 24.1 Å². The van der Waals surface area contributed by atoms with E-state index < -0.39 is 0 Å². The van der Waals surface area contributed by atoms with Crippen molar-refractivity contribution in [3.63, 3.8) is 0 Å². The fourth-order valence-electron chi connectivity index (χ4n) is 5.08. The molecule has 1 aromatic heterocycles. The number of nitrogen functional groups attached to an aromatic ring is 1. The van der Waals surface area contributed by atoms with E-state index in [4.69, 9.17) is 5.73 Å². The van der Waals surface area contributed by atoms with Crippen molar-refractivity contribution >= 4 is 34.2 Å². The molecule has 0 bridgehead atoms. The number of nitrogens with one attached hydrogen (secondary N) is 1. The molecule has 1 atom stereocenters. The van der Waals surface area contributed by atoms with Gasteiger partial charge in [-0.05, 0) is 84.8 Å². The summed E-state index contributed by atoms with van der Waals surface area (Å²) in [5, 5.41) is 3.89. The minimum atomic E-state index is -0.286. The van der Waals surface area contributed by atoms with Crippen LogP contribution in [0.2, 0.25) is 0 Å². The minimum Gasteiger partial charge on any atom is -0.383 e. The number of para-hydroxylation sites is 1. The highest BCUT2D eigenvalue weighted by Crippen LogP contribution is 2.32. The number of anilines is 2. The first-order valence-corrected chi connectivity index (χ1v) is 12.8. The molecule has 5 rings (SSSR count). The summed E-state index contributed by atoms with van der Waals surface area (Å²) in [6, 6.07) is 23.4. The van der Waals surface area contributed by atoms with Gasteiger partial charge in [0.15, 0.2) is 0 Å². The average Bonchev–Trinajstić information content (AvgIpc) is 3.44. The van der Waals surface area contributed by atoms with Gasteiger partial charge in [0, 0.05) is 35.6 Å². The van der Waals surface area contributed by atoms with Gasteiger partial charge in [0.1, 0.15) is 5.82 Å². The topological polar surface area (TPSA) is 88.3 Å². The number of hydrogen-bond donors (Lipinski definition) is 2. The molecule has 3 N–H and O–H groups in total. The van der Waals surface area contributed by atoms with Gasteiger partial charge in [-0.2, -0.15) is 0 Å². The van der Waals surface area contributed by atoms with Crippen LogP contribution in [0.1, 0.15) is 41.3 Å². The molecule has 4 aromatic rings. The molecule has 6 nitrogen and oxygen atoms in total. The van der Waals surface area contributed by atoms with E-state index in [0.29, 0.717) is 12.2 Å². The fourth-order valence-corrected chi connectivity index (χ4v) is 5.08. The lowest BCUT2D eigenvalue weighted by atomic mass is 9.92. The summed E-state index contributed by atoms with van der Waals surface area (Å²) in [6.45, 7) is 5.56. The largest absolute Gasteiger partial charge is 0.383 e. The summed E-state index contributed by atoms with van der Waals surface area (Å²) in [4.78, 5) is 32.7. The highest BCUT2D eigenvalue weighted by atomic mass is 16.2. The maximum Gasteiger partial charge on any atom is 0.254 e. The molecule has 1 unspecified atom stereocenters. The van der Waals surface area contributed by atoms with Crippen LogP contribution in [-0.4, -0.2) is 34.8 Å². The first kappa shape index (κ1) is 24.5. The molecule has 1 fully saturated rings. The summed E-state index contributed by atoms with van der Waals surface area (Å²) < 4.78 is 0. The van der Waals surface area contributed by atoms with Crippen molar-refractivity contribution in [3.05, 3.63) is 89.5 Å². The number of benzene rings is 3. The van der Waals surface area contributed by atoms with Crippen LogP contribution < -0.4 is 11.1 Å². The maximum atomic E-state index is 13.3. The monoisotopic (exact) mass is 492 g/mol. The Labute approximate surface area is 217 Å². The first-order chi connectivity index (χ1) is 17.9. The SMILES string of the molecule is Cc1cccc(C(=O)N2CCCC2)c1-c1ccc2nc(N)c(CC(C)C(=O)Nc3ccccc3)cc2c1. The zero-order chi connectivity index (χ0) is 25.9. The Bertz CT molecular complexity index is 1460. The summed E-state index contributed by atoms with van der Waals surface area (Å²) in [5.74, 6) is 0.168. The second-order valence-corrected chi connectivity index (χ2v) is 9.90. The lowest BCUT2D eigenvalue weighted by molar-refractivity contribution is -0.119. The van der Waals surface area contributed by atoms with Crippen molar-refractivity contribution in [3.8, 4) is 11.1 Å². The van der Waals surface area contributed by atoms with Crippen LogP contribution in [0.25, 0.3) is 22.0 Å². The second kappa shape index (κ2) is 10.4. The van der Waals surface area contributed by atoms with Gasteiger partial charge in [-0.15, -0.1) is 0 Å². The third-order valence-corrected chi connectivity index (χ3v) is 7.13. The fraction of sp³-hybridized carbons (Fsp3) is 0.258. The molecule has 1 aliphatic heterocycles. The van der Waals surface area contributed by atoms with Crippen molar-refractivity contribution in [2.45, 2.75) is 33.1 Å². The molecule has 1 aliphatic rings. The van der Waals surface area contributed by atoms with E-state index in [1.54, 1.807) is 0 Å². The molecule has 3 aromatic carbocycles. The third kappa shape index (κ3) is 5.19. The van der Waals surface area contributed by atoms with Gasteiger partial charge in [0.05, 0.1) is 5.52 Å². The predicted molar refractivity (Wildman–Crippen MR) is 149 cm³/mol.